The van der Waals surface area contributed by atoms with Crippen LogP contribution in [-0.4, -0.2) is 23.9 Å². The summed E-state index contributed by atoms with van der Waals surface area (Å²) in [7, 11) is 0. The number of aliphatic hydroxyl groups is 1. The zero-order valence-electron chi connectivity index (χ0n) is 6.88. The van der Waals surface area contributed by atoms with E-state index >= 15 is 0 Å². The molecule has 3 nitrogen and oxygen atoms in total. The molecular formula is C7H12O3S. The van der Waals surface area contributed by atoms with Gasteiger partial charge in [-0.1, -0.05) is 0 Å². The molecule has 0 amide bonds. The van der Waals surface area contributed by atoms with E-state index in [4.69, 9.17) is 5.11 Å². The maximum Gasteiger partial charge on any atom is 0.348 e. The summed E-state index contributed by atoms with van der Waals surface area (Å²) in [6, 6.07) is 0. The van der Waals surface area contributed by atoms with Gasteiger partial charge in [-0.3, -0.25) is 0 Å². The SMILES string of the molecule is CCOC(=O)/C(SC)=C(/C)O. The van der Waals surface area contributed by atoms with E-state index in [1.165, 1.54) is 18.7 Å². The van der Waals surface area contributed by atoms with Crippen LogP contribution in [0.2, 0.25) is 0 Å². The Morgan fingerprint density at radius 3 is 2.45 bits per heavy atom. The monoisotopic (exact) mass is 176 g/mol. The molecule has 0 unspecified atom stereocenters. The molecule has 64 valence electrons. The zero-order chi connectivity index (χ0) is 8.85. The van der Waals surface area contributed by atoms with Crippen molar-refractivity contribution in [3.8, 4) is 0 Å². The maximum absolute atomic E-state index is 11.0. The fourth-order valence-electron chi connectivity index (χ4n) is 0.575. The molecule has 0 spiro atoms. The van der Waals surface area contributed by atoms with Crippen LogP contribution in [0.1, 0.15) is 13.8 Å². The molecule has 0 saturated heterocycles. The number of rotatable bonds is 3. The Labute approximate surface area is 70.4 Å². The lowest BCUT2D eigenvalue weighted by Gasteiger charge is -2.03. The Bertz CT molecular complexity index is 171. The third-order valence-corrected chi connectivity index (χ3v) is 1.86. The predicted molar refractivity (Wildman–Crippen MR) is 45.5 cm³/mol. The van der Waals surface area contributed by atoms with Crippen LogP contribution in [-0.2, 0) is 9.53 Å². The highest BCUT2D eigenvalue weighted by Crippen LogP contribution is 2.16. The van der Waals surface area contributed by atoms with E-state index in [0.29, 0.717) is 6.61 Å². The molecule has 0 aromatic carbocycles. The van der Waals surface area contributed by atoms with E-state index in [-0.39, 0.29) is 10.7 Å². The lowest BCUT2D eigenvalue weighted by atomic mass is 10.5. The number of esters is 1. The van der Waals surface area contributed by atoms with Crippen LogP contribution in [0.15, 0.2) is 10.7 Å². The molecule has 0 rings (SSSR count). The number of ether oxygens (including phenoxy) is 1. The fraction of sp³-hybridized carbons (Fsp3) is 0.571. The first-order valence-electron chi connectivity index (χ1n) is 3.24. The van der Waals surface area contributed by atoms with Gasteiger partial charge in [-0.25, -0.2) is 4.79 Å². The molecule has 0 aromatic rings. The Morgan fingerprint density at radius 1 is 1.64 bits per heavy atom. The first-order chi connectivity index (χ1) is 5.13. The van der Waals surface area contributed by atoms with Crippen molar-refractivity contribution in [1.82, 2.24) is 0 Å². The maximum atomic E-state index is 11.0. The molecule has 0 saturated carbocycles. The second kappa shape index (κ2) is 5.07. The van der Waals surface area contributed by atoms with Crippen molar-refractivity contribution in [3.63, 3.8) is 0 Å². The van der Waals surface area contributed by atoms with Crippen molar-refractivity contribution in [2.24, 2.45) is 0 Å². The molecule has 0 aliphatic carbocycles. The van der Waals surface area contributed by atoms with Crippen molar-refractivity contribution in [2.45, 2.75) is 13.8 Å². The molecule has 11 heavy (non-hydrogen) atoms. The van der Waals surface area contributed by atoms with Gasteiger partial charge in [0.05, 0.1) is 6.61 Å². The van der Waals surface area contributed by atoms with Gasteiger partial charge < -0.3 is 9.84 Å². The lowest BCUT2D eigenvalue weighted by Crippen LogP contribution is -2.06. The second-order valence-corrected chi connectivity index (χ2v) is 2.66. The summed E-state index contributed by atoms with van der Waals surface area (Å²) < 4.78 is 4.68. The van der Waals surface area contributed by atoms with E-state index < -0.39 is 5.97 Å². The first-order valence-corrected chi connectivity index (χ1v) is 4.46. The molecule has 0 aliphatic heterocycles. The molecule has 0 aromatic heterocycles. The molecule has 4 heteroatoms. The van der Waals surface area contributed by atoms with Gasteiger partial charge >= 0.3 is 5.97 Å². The van der Waals surface area contributed by atoms with Crippen LogP contribution in [0.3, 0.4) is 0 Å². The summed E-state index contributed by atoms with van der Waals surface area (Å²) >= 11 is 1.18. The number of hydrogen-bond donors (Lipinski definition) is 1. The molecule has 0 radical (unpaired) electrons. The summed E-state index contributed by atoms with van der Waals surface area (Å²) in [5, 5.41) is 8.97. The van der Waals surface area contributed by atoms with Crippen LogP contribution in [0.4, 0.5) is 0 Å². The minimum absolute atomic E-state index is 0.0101. The van der Waals surface area contributed by atoms with E-state index in [2.05, 4.69) is 4.74 Å². The first kappa shape index (κ1) is 10.4. The Hall–Kier alpha value is -0.640. The van der Waals surface area contributed by atoms with E-state index in [9.17, 15) is 4.79 Å². The Morgan fingerprint density at radius 2 is 2.18 bits per heavy atom. The molecule has 0 atom stereocenters. The number of carbonyl (C=O) groups excluding carboxylic acids is 1. The summed E-state index contributed by atoms with van der Waals surface area (Å²) in [5.41, 5.74) is 0. The highest BCUT2D eigenvalue weighted by Gasteiger charge is 2.11. The minimum atomic E-state index is -0.458. The average molecular weight is 176 g/mol. The molecule has 0 aliphatic rings. The minimum Gasteiger partial charge on any atom is -0.511 e. The molecular weight excluding hydrogens is 164 g/mol. The third kappa shape index (κ3) is 3.32. The quantitative estimate of drug-likeness (QED) is 0.404. The number of allylic oxidation sites excluding steroid dienone is 1. The smallest absolute Gasteiger partial charge is 0.348 e. The summed E-state index contributed by atoms with van der Waals surface area (Å²) in [6.07, 6.45) is 1.71. The summed E-state index contributed by atoms with van der Waals surface area (Å²) in [5.74, 6) is -0.448. The van der Waals surface area contributed by atoms with Crippen LogP contribution in [0, 0.1) is 0 Å². The van der Waals surface area contributed by atoms with E-state index in [1.54, 1.807) is 13.2 Å². The van der Waals surface area contributed by atoms with E-state index in [0.717, 1.165) is 0 Å². The molecule has 0 heterocycles. The van der Waals surface area contributed by atoms with Crippen molar-refractivity contribution in [2.75, 3.05) is 12.9 Å². The van der Waals surface area contributed by atoms with Gasteiger partial charge in [0, 0.05) is 0 Å². The second-order valence-electron chi connectivity index (χ2n) is 1.84. The Balaban J connectivity index is 4.28. The van der Waals surface area contributed by atoms with Gasteiger partial charge in [0.15, 0.2) is 0 Å². The van der Waals surface area contributed by atoms with Gasteiger partial charge in [-0.15, -0.1) is 11.8 Å². The normalized spacial score (nSPS) is 12.3. The van der Waals surface area contributed by atoms with Gasteiger partial charge in [0.2, 0.25) is 0 Å². The van der Waals surface area contributed by atoms with Crippen LogP contribution >= 0.6 is 11.8 Å². The summed E-state index contributed by atoms with van der Waals surface area (Å²) in [4.78, 5) is 11.2. The largest absolute Gasteiger partial charge is 0.511 e. The van der Waals surface area contributed by atoms with Crippen molar-refractivity contribution >= 4 is 17.7 Å². The van der Waals surface area contributed by atoms with Crippen molar-refractivity contribution in [1.29, 1.82) is 0 Å². The molecule has 1 N–H and O–H groups in total. The van der Waals surface area contributed by atoms with Gasteiger partial charge in [-0.2, -0.15) is 0 Å². The van der Waals surface area contributed by atoms with Gasteiger partial charge in [-0.05, 0) is 20.1 Å². The highest BCUT2D eigenvalue weighted by atomic mass is 32.2. The van der Waals surface area contributed by atoms with E-state index in [1.807, 2.05) is 0 Å². The van der Waals surface area contributed by atoms with Gasteiger partial charge in [0.1, 0.15) is 10.7 Å². The zero-order valence-corrected chi connectivity index (χ0v) is 7.70. The predicted octanol–water partition coefficient (Wildman–Crippen LogP) is 1.70. The number of thioether (sulfide) groups is 1. The molecule has 0 bridgehead atoms. The number of carbonyl (C=O) groups is 1. The standard InChI is InChI=1S/C7H12O3S/c1-4-10-7(9)6(11-3)5(2)8/h8H,4H2,1-3H3/b6-5+. The van der Waals surface area contributed by atoms with Crippen LogP contribution in [0.5, 0.6) is 0 Å². The van der Waals surface area contributed by atoms with Gasteiger partial charge in [0.25, 0.3) is 0 Å². The third-order valence-electron chi connectivity index (χ3n) is 0.994. The topological polar surface area (TPSA) is 46.5 Å². The summed E-state index contributed by atoms with van der Waals surface area (Å²) in [6.45, 7) is 3.52. The number of aliphatic hydroxyl groups excluding tert-OH is 1. The fourth-order valence-corrected chi connectivity index (χ4v) is 1.10. The van der Waals surface area contributed by atoms with Crippen LogP contribution < -0.4 is 0 Å². The highest BCUT2D eigenvalue weighted by molar-refractivity contribution is 8.03. The lowest BCUT2D eigenvalue weighted by molar-refractivity contribution is -0.137. The van der Waals surface area contributed by atoms with Crippen molar-refractivity contribution < 1.29 is 14.6 Å². The molecule has 0 fully saturated rings. The van der Waals surface area contributed by atoms with Crippen LogP contribution in [0.25, 0.3) is 0 Å². The van der Waals surface area contributed by atoms with Crippen molar-refractivity contribution in [3.05, 3.63) is 10.7 Å². The average Bonchev–Trinajstić information content (AvgIpc) is 1.88. The Kier molecular flexibility index (Phi) is 4.77. The number of hydrogen-bond acceptors (Lipinski definition) is 4.